The van der Waals surface area contributed by atoms with Crippen LogP contribution in [-0.2, 0) is 11.8 Å². The molecule has 2 rings (SSSR count). The molecule has 2 heteroatoms. The van der Waals surface area contributed by atoms with Crippen LogP contribution in [0.4, 0.5) is 5.69 Å². The molecular weight excluding hydrogens is 222 g/mol. The minimum Gasteiger partial charge on any atom is -0.396 e. The van der Waals surface area contributed by atoms with Gasteiger partial charge in [-0.2, -0.15) is 0 Å². The third-order valence-corrected chi connectivity index (χ3v) is 4.60. The van der Waals surface area contributed by atoms with E-state index in [2.05, 4.69) is 43.9 Å². The average molecular weight is 247 g/mol. The van der Waals surface area contributed by atoms with E-state index in [9.17, 15) is 0 Å². The quantitative estimate of drug-likeness (QED) is 0.864. The van der Waals surface area contributed by atoms with Gasteiger partial charge in [0, 0.05) is 30.8 Å². The zero-order valence-corrected chi connectivity index (χ0v) is 11.9. The van der Waals surface area contributed by atoms with E-state index in [0.717, 1.165) is 19.5 Å². The van der Waals surface area contributed by atoms with Crippen molar-refractivity contribution in [3.63, 3.8) is 0 Å². The molecule has 0 aliphatic carbocycles. The second-order valence-corrected chi connectivity index (χ2v) is 5.33. The Hall–Kier alpha value is -1.02. The molecule has 1 aromatic rings. The first-order chi connectivity index (χ1) is 8.70. The summed E-state index contributed by atoms with van der Waals surface area (Å²) in [6.45, 7) is 9.28. The van der Waals surface area contributed by atoms with Crippen molar-refractivity contribution in [1.29, 1.82) is 0 Å². The highest BCUT2D eigenvalue weighted by Gasteiger charge is 2.39. The molecule has 1 N–H and O–H groups in total. The molecule has 1 aliphatic rings. The lowest BCUT2D eigenvalue weighted by molar-refractivity contribution is 0.299. The van der Waals surface area contributed by atoms with Crippen LogP contribution >= 0.6 is 0 Å². The highest BCUT2D eigenvalue weighted by Crippen LogP contribution is 2.45. The Morgan fingerprint density at radius 2 is 1.94 bits per heavy atom. The maximum Gasteiger partial charge on any atom is 0.0471 e. The largest absolute Gasteiger partial charge is 0.396 e. The molecule has 0 amide bonds. The second-order valence-electron chi connectivity index (χ2n) is 5.33. The zero-order chi connectivity index (χ0) is 13.2. The molecule has 0 radical (unpaired) electrons. The van der Waals surface area contributed by atoms with Gasteiger partial charge in [0.25, 0.3) is 0 Å². The monoisotopic (exact) mass is 247 g/mol. The van der Waals surface area contributed by atoms with Crippen molar-refractivity contribution in [1.82, 2.24) is 0 Å². The number of likely N-dealkylation sites (N-methyl/N-ethyl adjacent to an activating group) is 1. The molecule has 0 unspecified atom stereocenters. The molecule has 0 bridgehead atoms. The smallest absolute Gasteiger partial charge is 0.0471 e. The Morgan fingerprint density at radius 3 is 2.50 bits per heavy atom. The zero-order valence-electron chi connectivity index (χ0n) is 11.9. The van der Waals surface area contributed by atoms with Crippen molar-refractivity contribution >= 4 is 5.69 Å². The summed E-state index contributed by atoms with van der Waals surface area (Å²) in [5.41, 5.74) is 4.49. The van der Waals surface area contributed by atoms with E-state index in [-0.39, 0.29) is 6.61 Å². The van der Waals surface area contributed by atoms with Crippen molar-refractivity contribution in [2.45, 2.75) is 45.4 Å². The molecule has 100 valence electrons. The number of hydrogen-bond donors (Lipinski definition) is 1. The van der Waals surface area contributed by atoms with Gasteiger partial charge in [0.15, 0.2) is 0 Å². The molecular formula is C16H25NO. The van der Waals surface area contributed by atoms with Crippen LogP contribution in [0, 0.1) is 0 Å². The van der Waals surface area contributed by atoms with Crippen molar-refractivity contribution in [3.8, 4) is 0 Å². The van der Waals surface area contributed by atoms with E-state index in [0.29, 0.717) is 5.41 Å². The maximum atomic E-state index is 9.10. The lowest BCUT2D eigenvalue weighted by atomic mass is 9.77. The summed E-state index contributed by atoms with van der Waals surface area (Å²) in [4.78, 5) is 2.49. The number of benzene rings is 1. The SMILES string of the molecule is CCN1CC(CC)(CC)c2cc(CCO)ccc21. The van der Waals surface area contributed by atoms with E-state index in [4.69, 9.17) is 5.11 Å². The van der Waals surface area contributed by atoms with E-state index in [1.54, 1.807) is 0 Å². The summed E-state index contributed by atoms with van der Waals surface area (Å²) < 4.78 is 0. The second kappa shape index (κ2) is 5.31. The first kappa shape index (κ1) is 13.4. The Kier molecular flexibility index (Phi) is 3.96. The van der Waals surface area contributed by atoms with E-state index in [1.165, 1.54) is 29.7 Å². The Balaban J connectivity index is 2.46. The van der Waals surface area contributed by atoms with Gasteiger partial charge >= 0.3 is 0 Å². The van der Waals surface area contributed by atoms with Crippen molar-refractivity contribution in [2.24, 2.45) is 0 Å². The Bertz CT molecular complexity index is 410. The summed E-state index contributed by atoms with van der Waals surface area (Å²) in [5, 5.41) is 9.10. The molecule has 1 aliphatic heterocycles. The number of aliphatic hydroxyl groups is 1. The minimum absolute atomic E-state index is 0.238. The van der Waals surface area contributed by atoms with Crippen LogP contribution in [0.1, 0.15) is 44.7 Å². The molecule has 2 nitrogen and oxygen atoms in total. The third kappa shape index (κ3) is 2.03. The van der Waals surface area contributed by atoms with Gasteiger partial charge in [0.1, 0.15) is 0 Å². The summed E-state index contributed by atoms with van der Waals surface area (Å²) in [6.07, 6.45) is 3.15. The average Bonchev–Trinajstić information content (AvgIpc) is 2.73. The molecule has 0 saturated heterocycles. The van der Waals surface area contributed by atoms with Gasteiger partial charge in [-0.25, -0.2) is 0 Å². The predicted octanol–water partition coefficient (Wildman–Crippen LogP) is 3.12. The van der Waals surface area contributed by atoms with Crippen LogP contribution in [-0.4, -0.2) is 24.8 Å². The molecule has 18 heavy (non-hydrogen) atoms. The highest BCUT2D eigenvalue weighted by molar-refractivity contribution is 5.63. The van der Waals surface area contributed by atoms with Crippen LogP contribution in [0.25, 0.3) is 0 Å². The first-order valence-corrected chi connectivity index (χ1v) is 7.20. The van der Waals surface area contributed by atoms with E-state index >= 15 is 0 Å². The lowest BCUT2D eigenvalue weighted by Gasteiger charge is -2.28. The number of anilines is 1. The fraction of sp³-hybridized carbons (Fsp3) is 0.625. The molecule has 0 atom stereocenters. The van der Waals surface area contributed by atoms with Gasteiger partial charge in [-0.15, -0.1) is 0 Å². The Morgan fingerprint density at radius 1 is 1.22 bits per heavy atom. The summed E-state index contributed by atoms with van der Waals surface area (Å²) in [6, 6.07) is 6.74. The van der Waals surface area contributed by atoms with Crippen LogP contribution in [0.3, 0.4) is 0 Å². The van der Waals surface area contributed by atoms with Crippen molar-refractivity contribution < 1.29 is 5.11 Å². The van der Waals surface area contributed by atoms with Gasteiger partial charge in [-0.1, -0.05) is 26.0 Å². The van der Waals surface area contributed by atoms with Crippen molar-refractivity contribution in [3.05, 3.63) is 29.3 Å². The predicted molar refractivity (Wildman–Crippen MR) is 77.4 cm³/mol. The summed E-state index contributed by atoms with van der Waals surface area (Å²) in [7, 11) is 0. The van der Waals surface area contributed by atoms with Crippen LogP contribution in [0.5, 0.6) is 0 Å². The Labute approximate surface area is 111 Å². The number of rotatable bonds is 5. The molecule has 0 aromatic heterocycles. The number of nitrogens with zero attached hydrogens (tertiary/aromatic N) is 1. The fourth-order valence-corrected chi connectivity index (χ4v) is 3.24. The molecule has 0 fully saturated rings. The maximum absolute atomic E-state index is 9.10. The topological polar surface area (TPSA) is 23.5 Å². The van der Waals surface area contributed by atoms with Gasteiger partial charge < -0.3 is 10.0 Å². The molecule has 1 aromatic carbocycles. The number of aliphatic hydroxyl groups excluding tert-OH is 1. The first-order valence-electron chi connectivity index (χ1n) is 7.20. The van der Waals surface area contributed by atoms with Gasteiger partial charge in [0.05, 0.1) is 0 Å². The number of hydrogen-bond acceptors (Lipinski definition) is 2. The molecule has 0 saturated carbocycles. The third-order valence-electron chi connectivity index (χ3n) is 4.60. The molecule has 0 spiro atoms. The van der Waals surface area contributed by atoms with Crippen molar-refractivity contribution in [2.75, 3.05) is 24.6 Å². The fourth-order valence-electron chi connectivity index (χ4n) is 3.24. The van der Waals surface area contributed by atoms with E-state index < -0.39 is 0 Å². The minimum atomic E-state index is 0.238. The lowest BCUT2D eigenvalue weighted by Crippen LogP contribution is -2.32. The standard InChI is InChI=1S/C16H25NO/c1-4-16(5-2)12-17(6-3)15-8-7-13(9-10-18)11-14(15)16/h7-8,11,18H,4-6,9-10,12H2,1-3H3. The van der Waals surface area contributed by atoms with E-state index in [1.807, 2.05) is 0 Å². The molecule has 1 heterocycles. The number of fused-ring (bicyclic) bond motifs is 1. The van der Waals surface area contributed by atoms with Crippen LogP contribution < -0.4 is 4.90 Å². The van der Waals surface area contributed by atoms with Gasteiger partial charge in [0.2, 0.25) is 0 Å². The van der Waals surface area contributed by atoms with Crippen LogP contribution in [0.2, 0.25) is 0 Å². The highest BCUT2D eigenvalue weighted by atomic mass is 16.2. The van der Waals surface area contributed by atoms with Crippen LogP contribution in [0.15, 0.2) is 18.2 Å². The summed E-state index contributed by atoms with van der Waals surface area (Å²) in [5.74, 6) is 0. The van der Waals surface area contributed by atoms with Gasteiger partial charge in [-0.3, -0.25) is 0 Å². The normalized spacial score (nSPS) is 17.0. The summed E-state index contributed by atoms with van der Waals surface area (Å²) >= 11 is 0. The van der Waals surface area contributed by atoms with Gasteiger partial charge in [-0.05, 0) is 43.4 Å².